The van der Waals surface area contributed by atoms with Gasteiger partial charge in [0.05, 0.1) is 5.69 Å². The number of benzene rings is 2. The van der Waals surface area contributed by atoms with Gasteiger partial charge in [0.2, 0.25) is 0 Å². The van der Waals surface area contributed by atoms with Gasteiger partial charge in [0.15, 0.2) is 5.78 Å². The molecule has 2 N–H and O–H groups in total. The minimum Gasteiger partial charge on any atom is -0.321 e. The largest absolute Gasteiger partial charge is 0.321 e. The third-order valence-electron chi connectivity index (χ3n) is 4.95. The zero-order valence-corrected chi connectivity index (χ0v) is 15.8. The predicted molar refractivity (Wildman–Crippen MR) is 108 cm³/mol. The van der Waals surface area contributed by atoms with Crippen molar-refractivity contribution in [2.75, 3.05) is 38.0 Å². The van der Waals surface area contributed by atoms with Gasteiger partial charge in [-0.2, -0.15) is 0 Å². The molecule has 0 atom stereocenters. The van der Waals surface area contributed by atoms with E-state index < -0.39 is 0 Å². The fraction of sp³-hybridized carbons (Fsp3) is 0.364. The van der Waals surface area contributed by atoms with E-state index in [1.165, 1.54) is 0 Å². The zero-order chi connectivity index (χ0) is 19.1. The van der Waals surface area contributed by atoms with Gasteiger partial charge in [-0.15, -0.1) is 0 Å². The summed E-state index contributed by atoms with van der Waals surface area (Å²) in [5.41, 5.74) is 2.70. The predicted octanol–water partition coefficient (Wildman–Crippen LogP) is 3.12. The van der Waals surface area contributed by atoms with Crippen LogP contribution in [0.1, 0.15) is 39.1 Å². The number of carbonyl (C=O) groups is 2. The van der Waals surface area contributed by atoms with E-state index >= 15 is 0 Å². The van der Waals surface area contributed by atoms with Crippen molar-refractivity contribution in [1.29, 1.82) is 0 Å². The molecule has 5 heteroatoms. The summed E-state index contributed by atoms with van der Waals surface area (Å²) in [6, 6.07) is 14.7. The van der Waals surface area contributed by atoms with E-state index in [0.29, 0.717) is 23.2 Å². The van der Waals surface area contributed by atoms with Crippen LogP contribution in [0, 0.1) is 6.92 Å². The lowest BCUT2D eigenvalue weighted by atomic mass is 10.0. The van der Waals surface area contributed by atoms with Crippen LogP contribution in [0.15, 0.2) is 48.5 Å². The topological polar surface area (TPSA) is 61.4 Å². The normalized spacial score (nSPS) is 14.7. The first kappa shape index (κ1) is 19.3. The fourth-order valence-corrected chi connectivity index (χ4v) is 3.39. The summed E-state index contributed by atoms with van der Waals surface area (Å²) in [4.78, 5) is 27.7. The average Bonchev–Trinajstić information content (AvgIpc) is 2.69. The first-order chi connectivity index (χ1) is 13.1. The maximum Gasteiger partial charge on any atom is 0.255 e. The van der Waals surface area contributed by atoms with Gasteiger partial charge >= 0.3 is 0 Å². The molecule has 2 aromatic rings. The number of ketones is 1. The number of hydrogen-bond acceptors (Lipinski definition) is 4. The lowest BCUT2D eigenvalue weighted by Crippen LogP contribution is -2.43. The highest BCUT2D eigenvalue weighted by molar-refractivity contribution is 6.10. The molecule has 27 heavy (non-hydrogen) atoms. The van der Waals surface area contributed by atoms with E-state index in [2.05, 4.69) is 15.5 Å². The molecule has 0 saturated carbocycles. The third-order valence-corrected chi connectivity index (χ3v) is 4.95. The van der Waals surface area contributed by atoms with Gasteiger partial charge in [0, 0.05) is 43.7 Å². The Morgan fingerprint density at radius 2 is 1.67 bits per heavy atom. The fourth-order valence-electron chi connectivity index (χ4n) is 3.39. The molecule has 1 heterocycles. The molecule has 1 saturated heterocycles. The highest BCUT2D eigenvalue weighted by Crippen LogP contribution is 2.19. The van der Waals surface area contributed by atoms with E-state index in [4.69, 9.17) is 0 Å². The summed E-state index contributed by atoms with van der Waals surface area (Å²) in [5.74, 6) is -0.111. The van der Waals surface area contributed by atoms with Gasteiger partial charge in [-0.1, -0.05) is 30.3 Å². The standard InChI is InChI=1S/C22H27N3O2/c1-17-7-2-3-8-18(17)22(27)24-20-10-5-4-9-19(20)21(26)11-6-14-25-15-12-23-13-16-25/h2-5,7-10,23H,6,11-16H2,1H3,(H,24,27). The lowest BCUT2D eigenvalue weighted by Gasteiger charge is -2.26. The molecule has 1 aliphatic rings. The van der Waals surface area contributed by atoms with Crippen molar-refractivity contribution in [3.63, 3.8) is 0 Å². The number of rotatable bonds is 7. The molecular weight excluding hydrogens is 338 g/mol. The first-order valence-corrected chi connectivity index (χ1v) is 9.57. The van der Waals surface area contributed by atoms with Crippen LogP contribution in [0.2, 0.25) is 0 Å². The van der Waals surface area contributed by atoms with Crippen LogP contribution in [-0.2, 0) is 0 Å². The molecular formula is C22H27N3O2. The van der Waals surface area contributed by atoms with Crippen LogP contribution < -0.4 is 10.6 Å². The Kier molecular flexibility index (Phi) is 6.74. The molecule has 0 unspecified atom stereocenters. The van der Waals surface area contributed by atoms with Crippen LogP contribution in [-0.4, -0.2) is 49.3 Å². The Hall–Kier alpha value is -2.50. The van der Waals surface area contributed by atoms with Crippen molar-refractivity contribution in [3.05, 3.63) is 65.2 Å². The van der Waals surface area contributed by atoms with E-state index in [1.807, 2.05) is 37.3 Å². The van der Waals surface area contributed by atoms with Crippen molar-refractivity contribution in [1.82, 2.24) is 10.2 Å². The number of hydrogen-bond donors (Lipinski definition) is 2. The van der Waals surface area contributed by atoms with E-state index in [1.54, 1.807) is 18.2 Å². The summed E-state index contributed by atoms with van der Waals surface area (Å²) < 4.78 is 0. The number of aryl methyl sites for hydroxylation is 1. The van der Waals surface area contributed by atoms with Crippen molar-refractivity contribution in [3.8, 4) is 0 Å². The number of carbonyl (C=O) groups excluding carboxylic acids is 2. The van der Waals surface area contributed by atoms with Gasteiger partial charge in [0.1, 0.15) is 0 Å². The second-order valence-electron chi connectivity index (χ2n) is 6.93. The Bertz CT molecular complexity index is 798. The molecule has 0 radical (unpaired) electrons. The zero-order valence-electron chi connectivity index (χ0n) is 15.8. The molecule has 1 amide bonds. The monoisotopic (exact) mass is 365 g/mol. The molecule has 1 fully saturated rings. The lowest BCUT2D eigenvalue weighted by molar-refractivity contribution is 0.0974. The van der Waals surface area contributed by atoms with Gasteiger partial charge in [-0.25, -0.2) is 0 Å². The third kappa shape index (κ3) is 5.25. The van der Waals surface area contributed by atoms with Crippen molar-refractivity contribution in [2.45, 2.75) is 19.8 Å². The number of anilines is 1. The van der Waals surface area contributed by atoms with Gasteiger partial charge in [-0.05, 0) is 43.7 Å². The maximum atomic E-state index is 12.7. The molecule has 2 aromatic carbocycles. The summed E-state index contributed by atoms with van der Waals surface area (Å²) >= 11 is 0. The highest BCUT2D eigenvalue weighted by atomic mass is 16.1. The maximum absolute atomic E-state index is 12.7. The highest BCUT2D eigenvalue weighted by Gasteiger charge is 2.16. The number of nitrogens with one attached hydrogen (secondary N) is 2. The first-order valence-electron chi connectivity index (χ1n) is 9.57. The number of piperazine rings is 1. The number of Topliss-reactive ketones (excluding diaryl/α,β-unsaturated/α-hetero) is 1. The molecule has 3 rings (SSSR count). The molecule has 0 spiro atoms. The molecule has 1 aliphatic heterocycles. The van der Waals surface area contributed by atoms with Crippen molar-refractivity contribution in [2.24, 2.45) is 0 Å². The Morgan fingerprint density at radius 3 is 2.41 bits per heavy atom. The minimum atomic E-state index is -0.186. The van der Waals surface area contributed by atoms with Crippen LogP contribution in [0.25, 0.3) is 0 Å². The minimum absolute atomic E-state index is 0.0748. The summed E-state index contributed by atoms with van der Waals surface area (Å²) in [6.45, 7) is 6.95. The SMILES string of the molecule is Cc1ccccc1C(=O)Nc1ccccc1C(=O)CCCN1CCNCC1. The van der Waals surface area contributed by atoms with Gasteiger partial charge < -0.3 is 15.5 Å². The van der Waals surface area contributed by atoms with E-state index in [-0.39, 0.29) is 11.7 Å². The Morgan fingerprint density at radius 1 is 1.00 bits per heavy atom. The number of para-hydroxylation sites is 1. The summed E-state index contributed by atoms with van der Waals surface area (Å²) in [6.07, 6.45) is 1.32. The molecule has 0 aromatic heterocycles. The molecule has 5 nitrogen and oxygen atoms in total. The van der Waals surface area contributed by atoms with E-state index in [9.17, 15) is 9.59 Å². The average molecular weight is 365 g/mol. The van der Waals surface area contributed by atoms with Crippen LogP contribution >= 0.6 is 0 Å². The van der Waals surface area contributed by atoms with E-state index in [0.717, 1.165) is 44.7 Å². The molecule has 0 aliphatic carbocycles. The molecule has 0 bridgehead atoms. The van der Waals surface area contributed by atoms with Gasteiger partial charge in [0.25, 0.3) is 5.91 Å². The second kappa shape index (κ2) is 9.44. The number of amides is 1. The number of nitrogens with zero attached hydrogens (tertiary/aromatic N) is 1. The smallest absolute Gasteiger partial charge is 0.255 e. The van der Waals surface area contributed by atoms with Crippen molar-refractivity contribution < 1.29 is 9.59 Å². The van der Waals surface area contributed by atoms with Crippen LogP contribution in [0.4, 0.5) is 5.69 Å². The van der Waals surface area contributed by atoms with Crippen LogP contribution in [0.5, 0.6) is 0 Å². The van der Waals surface area contributed by atoms with Crippen LogP contribution in [0.3, 0.4) is 0 Å². The molecule has 142 valence electrons. The summed E-state index contributed by atoms with van der Waals surface area (Å²) in [5, 5.41) is 6.24. The Balaban J connectivity index is 1.62. The van der Waals surface area contributed by atoms with Gasteiger partial charge in [-0.3, -0.25) is 9.59 Å². The Labute approximate surface area is 160 Å². The second-order valence-corrected chi connectivity index (χ2v) is 6.93. The van der Waals surface area contributed by atoms with Crippen molar-refractivity contribution >= 4 is 17.4 Å². The quantitative estimate of drug-likeness (QED) is 0.740. The summed E-state index contributed by atoms with van der Waals surface area (Å²) in [7, 11) is 0.